The number of hydrogen-bond donors (Lipinski definition) is 1. The van der Waals surface area contributed by atoms with E-state index < -0.39 is 0 Å². The Morgan fingerprint density at radius 2 is 1.80 bits per heavy atom. The van der Waals surface area contributed by atoms with Crippen molar-refractivity contribution in [1.82, 2.24) is 5.16 Å². The molecule has 0 saturated heterocycles. The molecule has 2 aliphatic carbocycles. The second-order valence-electron chi connectivity index (χ2n) is 10.2. The van der Waals surface area contributed by atoms with Crippen LogP contribution in [-0.2, 0) is 24.1 Å². The van der Waals surface area contributed by atoms with Crippen LogP contribution in [0.25, 0.3) is 0 Å². The number of ketones is 2. The van der Waals surface area contributed by atoms with Crippen molar-refractivity contribution in [1.29, 1.82) is 0 Å². The number of nitrogens with zero attached hydrogens (tertiary/aromatic N) is 2. The predicted octanol–water partition coefficient (Wildman–Crippen LogP) is 5.79. The molecule has 1 saturated carbocycles. The molecule has 1 heterocycles. The fraction of sp³-hybridized carbons (Fsp3) is 0.375. The van der Waals surface area contributed by atoms with Gasteiger partial charge in [0.15, 0.2) is 23.1 Å². The van der Waals surface area contributed by atoms with E-state index >= 15 is 0 Å². The van der Waals surface area contributed by atoms with Crippen molar-refractivity contribution >= 4 is 17.3 Å². The van der Waals surface area contributed by atoms with E-state index in [0.29, 0.717) is 91.3 Å². The van der Waals surface area contributed by atoms with Gasteiger partial charge in [-0.1, -0.05) is 41.6 Å². The number of aromatic nitrogens is 1. The van der Waals surface area contributed by atoms with Gasteiger partial charge < -0.3 is 19.1 Å². The van der Waals surface area contributed by atoms with E-state index in [1.54, 1.807) is 14.2 Å². The van der Waals surface area contributed by atoms with Crippen molar-refractivity contribution in [3.63, 3.8) is 0 Å². The highest BCUT2D eigenvalue weighted by Crippen LogP contribution is 2.35. The number of ether oxygens (including phenoxy) is 2. The van der Waals surface area contributed by atoms with Gasteiger partial charge in [0.05, 0.1) is 31.1 Å². The quantitative estimate of drug-likeness (QED) is 0.269. The molecule has 5 rings (SSSR count). The molecule has 1 aromatic heterocycles. The van der Waals surface area contributed by atoms with Gasteiger partial charge in [0, 0.05) is 44.4 Å². The number of hydrogen-bond acceptors (Lipinski definition) is 8. The zero-order chi connectivity index (χ0) is 28.1. The maximum Gasteiger partial charge on any atom is 0.168 e. The molecule has 3 aromatic rings. The van der Waals surface area contributed by atoms with Crippen LogP contribution in [0.4, 0.5) is 0 Å². The predicted molar refractivity (Wildman–Crippen MR) is 151 cm³/mol. The smallest absolute Gasteiger partial charge is 0.168 e. The average Bonchev–Trinajstić information content (AvgIpc) is 3.40. The van der Waals surface area contributed by atoms with E-state index in [-0.39, 0.29) is 29.7 Å². The fourth-order valence-corrected chi connectivity index (χ4v) is 5.60. The molecule has 8 heteroatoms. The molecular weight excluding hydrogens is 508 g/mol. The van der Waals surface area contributed by atoms with E-state index in [9.17, 15) is 14.7 Å². The third-order valence-electron chi connectivity index (χ3n) is 7.67. The summed E-state index contributed by atoms with van der Waals surface area (Å²) in [6.45, 7) is 0.475. The lowest BCUT2D eigenvalue weighted by Crippen LogP contribution is -2.22. The van der Waals surface area contributed by atoms with Gasteiger partial charge in [-0.25, -0.2) is 0 Å². The lowest BCUT2D eigenvalue weighted by atomic mass is 9.81. The maximum atomic E-state index is 13.1. The van der Waals surface area contributed by atoms with E-state index in [1.807, 2.05) is 48.5 Å². The molecule has 0 radical (unpaired) electrons. The Hall–Kier alpha value is -4.20. The van der Waals surface area contributed by atoms with E-state index in [1.165, 1.54) is 0 Å². The molecule has 0 amide bonds. The molecule has 1 fully saturated rings. The molecule has 0 aliphatic heterocycles. The minimum atomic E-state index is -0.0995. The largest absolute Gasteiger partial charge is 0.511 e. The Labute approximate surface area is 233 Å². The third-order valence-corrected chi connectivity index (χ3v) is 7.67. The summed E-state index contributed by atoms with van der Waals surface area (Å²) >= 11 is 0. The number of fused-ring (bicyclic) bond motifs is 1. The topological polar surface area (TPSA) is 111 Å². The monoisotopic (exact) mass is 542 g/mol. The Morgan fingerprint density at radius 1 is 1.00 bits per heavy atom. The number of carbonyl (C=O) groups is 2. The molecule has 8 nitrogen and oxygen atoms in total. The van der Waals surface area contributed by atoms with Gasteiger partial charge in [-0.05, 0) is 48.4 Å². The summed E-state index contributed by atoms with van der Waals surface area (Å²) in [6.07, 6.45) is 3.88. The summed E-state index contributed by atoms with van der Waals surface area (Å²) in [4.78, 5) is 30.6. The number of aliphatic hydroxyl groups is 1. The Balaban J connectivity index is 1.28. The van der Waals surface area contributed by atoms with Crippen LogP contribution in [0.2, 0.25) is 0 Å². The first-order valence-corrected chi connectivity index (χ1v) is 13.7. The minimum absolute atomic E-state index is 0.00302. The Morgan fingerprint density at radius 3 is 2.58 bits per heavy atom. The lowest BCUT2D eigenvalue weighted by molar-refractivity contribution is -0.115. The van der Waals surface area contributed by atoms with Gasteiger partial charge in [0.1, 0.15) is 11.5 Å². The number of aliphatic imine (C=N–C) groups is 1. The maximum absolute atomic E-state index is 13.1. The summed E-state index contributed by atoms with van der Waals surface area (Å²) in [6, 6.07) is 15.7. The lowest BCUT2D eigenvalue weighted by Gasteiger charge is -2.20. The summed E-state index contributed by atoms with van der Waals surface area (Å²) in [5.74, 6) is 1.88. The first kappa shape index (κ1) is 27.4. The van der Waals surface area contributed by atoms with Crippen molar-refractivity contribution in [2.24, 2.45) is 4.99 Å². The standard InChI is InChI=1S/C32H34N2O6/c1-38-28-14-11-20(17-29(28)39-2)15-16-33-23-9-6-10-25(35)31(23)26(36)13-12-24-32-27(37)18-22(19-30(32)40-34-24)21-7-4-3-5-8-21/h3-5,7-8,11,14,17,22,36H,6,9-10,12-13,15-16,18-19H2,1-2H3/b31-26-,33-23?. The minimum Gasteiger partial charge on any atom is -0.511 e. The molecule has 40 heavy (non-hydrogen) atoms. The van der Waals surface area contributed by atoms with Crippen LogP contribution in [0.3, 0.4) is 0 Å². The van der Waals surface area contributed by atoms with Crippen LogP contribution in [0, 0.1) is 0 Å². The average molecular weight is 543 g/mol. The highest BCUT2D eigenvalue weighted by molar-refractivity contribution is 6.24. The van der Waals surface area contributed by atoms with Crippen molar-refractivity contribution < 1.29 is 28.7 Å². The first-order chi connectivity index (χ1) is 19.5. The molecular formula is C32H34N2O6. The molecule has 1 atom stereocenters. The van der Waals surface area contributed by atoms with E-state index in [0.717, 1.165) is 11.1 Å². The summed E-state index contributed by atoms with van der Waals surface area (Å²) < 4.78 is 16.3. The van der Waals surface area contributed by atoms with Crippen molar-refractivity contribution in [3.05, 3.63) is 88.0 Å². The second kappa shape index (κ2) is 12.3. The van der Waals surface area contributed by atoms with Crippen molar-refractivity contribution in [2.75, 3.05) is 20.8 Å². The number of aliphatic hydroxyl groups excluding tert-OH is 1. The summed E-state index contributed by atoms with van der Waals surface area (Å²) in [7, 11) is 3.20. The number of carbonyl (C=O) groups excluding carboxylic acids is 2. The SMILES string of the molecule is COc1ccc(CCN=C2CCCC(=O)/C2=C(\O)CCc2noc3c2C(=O)CC(c2ccccc2)C3)cc1OC. The number of aryl methyl sites for hydroxylation is 1. The van der Waals surface area contributed by atoms with Gasteiger partial charge in [-0.2, -0.15) is 0 Å². The van der Waals surface area contributed by atoms with Gasteiger partial charge in [0.25, 0.3) is 0 Å². The molecule has 2 aromatic carbocycles. The van der Waals surface area contributed by atoms with Crippen LogP contribution in [0.5, 0.6) is 11.5 Å². The number of Topliss-reactive ketones (excluding diaryl/α,β-unsaturated/α-hetero) is 2. The number of allylic oxidation sites excluding steroid dienone is 2. The number of rotatable bonds is 9. The third kappa shape index (κ3) is 5.86. The number of benzene rings is 2. The van der Waals surface area contributed by atoms with Crippen LogP contribution in [-0.4, -0.2) is 48.3 Å². The van der Waals surface area contributed by atoms with Crippen LogP contribution in [0.1, 0.15) is 71.0 Å². The van der Waals surface area contributed by atoms with Crippen molar-refractivity contribution in [2.45, 2.75) is 57.3 Å². The van der Waals surface area contributed by atoms with E-state index in [4.69, 9.17) is 19.0 Å². The summed E-state index contributed by atoms with van der Waals surface area (Å²) in [5, 5.41) is 15.2. The summed E-state index contributed by atoms with van der Waals surface area (Å²) in [5.41, 5.74) is 4.16. The molecule has 208 valence electrons. The highest BCUT2D eigenvalue weighted by Gasteiger charge is 2.33. The molecule has 2 aliphatic rings. The normalized spacial score (nSPS) is 19.4. The number of methoxy groups -OCH3 is 2. The van der Waals surface area contributed by atoms with Crippen molar-refractivity contribution in [3.8, 4) is 11.5 Å². The highest BCUT2D eigenvalue weighted by atomic mass is 16.5. The Kier molecular flexibility index (Phi) is 8.43. The zero-order valence-corrected chi connectivity index (χ0v) is 22.9. The van der Waals surface area contributed by atoms with Crippen LogP contribution in [0.15, 0.2) is 69.4 Å². The fourth-order valence-electron chi connectivity index (χ4n) is 5.60. The molecule has 1 unspecified atom stereocenters. The molecule has 0 spiro atoms. The van der Waals surface area contributed by atoms with Gasteiger partial charge in [0.2, 0.25) is 0 Å². The van der Waals surface area contributed by atoms with Gasteiger partial charge in [-0.3, -0.25) is 14.6 Å². The van der Waals surface area contributed by atoms with Gasteiger partial charge in [-0.15, -0.1) is 0 Å². The van der Waals surface area contributed by atoms with Gasteiger partial charge >= 0.3 is 0 Å². The molecule has 1 N–H and O–H groups in total. The zero-order valence-electron chi connectivity index (χ0n) is 22.9. The van der Waals surface area contributed by atoms with Crippen LogP contribution >= 0.6 is 0 Å². The Bertz CT molecular complexity index is 1450. The van der Waals surface area contributed by atoms with Crippen LogP contribution < -0.4 is 9.47 Å². The first-order valence-electron chi connectivity index (χ1n) is 13.7. The van der Waals surface area contributed by atoms with E-state index in [2.05, 4.69) is 5.16 Å². The molecule has 0 bridgehead atoms. The second-order valence-corrected chi connectivity index (χ2v) is 10.2.